The van der Waals surface area contributed by atoms with Gasteiger partial charge in [0, 0.05) is 50.0 Å². The Hall–Kier alpha value is -3.16. The molecule has 2 fully saturated rings. The topological polar surface area (TPSA) is 60.9 Å². The Morgan fingerprint density at radius 1 is 0.800 bits per heavy atom. The van der Waals surface area contributed by atoms with Crippen molar-refractivity contribution in [1.82, 2.24) is 9.21 Å². The van der Waals surface area contributed by atoms with Crippen molar-refractivity contribution < 1.29 is 13.2 Å². The predicted molar refractivity (Wildman–Crippen MR) is 138 cm³/mol. The van der Waals surface area contributed by atoms with Crippen molar-refractivity contribution in [2.75, 3.05) is 37.6 Å². The highest BCUT2D eigenvalue weighted by molar-refractivity contribution is 7.89. The van der Waals surface area contributed by atoms with Gasteiger partial charge in [0.1, 0.15) is 0 Å². The number of anilines is 1. The number of carbonyl (C=O) groups excluding carboxylic acids is 1. The van der Waals surface area contributed by atoms with Crippen LogP contribution in [0, 0.1) is 0 Å². The second-order valence-corrected chi connectivity index (χ2v) is 11.2. The fourth-order valence-electron chi connectivity index (χ4n) is 5.13. The highest BCUT2D eigenvalue weighted by Crippen LogP contribution is 2.26. The number of likely N-dealkylation sites (tertiary alicyclic amines) is 1. The third kappa shape index (κ3) is 5.11. The van der Waals surface area contributed by atoms with Crippen LogP contribution in [0.4, 0.5) is 5.69 Å². The number of hydrogen-bond acceptors (Lipinski definition) is 4. The van der Waals surface area contributed by atoms with Crippen LogP contribution in [0.5, 0.6) is 0 Å². The summed E-state index contributed by atoms with van der Waals surface area (Å²) in [6.45, 7) is 2.81. The molecule has 7 heteroatoms. The Bertz CT molecular complexity index is 1260. The van der Waals surface area contributed by atoms with Crippen molar-refractivity contribution in [2.45, 2.75) is 30.2 Å². The van der Waals surface area contributed by atoms with Crippen LogP contribution >= 0.6 is 0 Å². The van der Waals surface area contributed by atoms with Gasteiger partial charge in [-0.05, 0) is 55.2 Å². The molecular weight excluding hydrogens is 458 g/mol. The molecule has 6 nitrogen and oxygen atoms in total. The molecule has 0 aromatic heterocycles. The average Bonchev–Trinajstić information content (AvgIpc) is 3.37. The van der Waals surface area contributed by atoms with Gasteiger partial charge in [0.05, 0.1) is 4.90 Å². The van der Waals surface area contributed by atoms with Crippen LogP contribution in [0.15, 0.2) is 89.8 Å². The lowest BCUT2D eigenvalue weighted by atomic mass is 10.0. The number of benzene rings is 3. The largest absolute Gasteiger partial charge is 0.369 e. The van der Waals surface area contributed by atoms with Crippen molar-refractivity contribution in [2.24, 2.45) is 0 Å². The van der Waals surface area contributed by atoms with Gasteiger partial charge in [-0.25, -0.2) is 8.42 Å². The lowest BCUT2D eigenvalue weighted by Crippen LogP contribution is -2.48. The van der Waals surface area contributed by atoms with E-state index < -0.39 is 10.0 Å². The molecule has 3 aromatic rings. The van der Waals surface area contributed by atoms with E-state index in [1.807, 2.05) is 53.4 Å². The number of sulfonamides is 1. The summed E-state index contributed by atoms with van der Waals surface area (Å²) in [4.78, 5) is 17.7. The summed E-state index contributed by atoms with van der Waals surface area (Å²) in [5.74, 6) is -0.0885. The molecule has 1 atom stereocenters. The van der Waals surface area contributed by atoms with Crippen molar-refractivity contribution in [3.8, 4) is 0 Å². The quantitative estimate of drug-likeness (QED) is 0.524. The molecule has 0 unspecified atom stereocenters. The Morgan fingerprint density at radius 3 is 2.20 bits per heavy atom. The molecule has 0 aliphatic carbocycles. The van der Waals surface area contributed by atoms with Crippen LogP contribution in [0.3, 0.4) is 0 Å². The Balaban J connectivity index is 1.29. The molecule has 2 aliphatic heterocycles. The molecule has 5 rings (SSSR count). The lowest BCUT2D eigenvalue weighted by molar-refractivity contribution is 0.0736. The lowest BCUT2D eigenvalue weighted by Gasteiger charge is -2.35. The molecule has 182 valence electrons. The van der Waals surface area contributed by atoms with Gasteiger partial charge in [0.25, 0.3) is 5.91 Å². The van der Waals surface area contributed by atoms with Crippen molar-refractivity contribution >= 4 is 21.6 Å². The Labute approximate surface area is 207 Å². The van der Waals surface area contributed by atoms with Crippen LogP contribution in [0.25, 0.3) is 0 Å². The highest BCUT2D eigenvalue weighted by Gasteiger charge is 2.32. The number of nitrogens with zero attached hydrogens (tertiary/aromatic N) is 3. The van der Waals surface area contributed by atoms with Crippen LogP contribution in [0.1, 0.15) is 28.8 Å². The van der Waals surface area contributed by atoms with E-state index in [2.05, 4.69) is 17.0 Å². The summed E-state index contributed by atoms with van der Waals surface area (Å²) in [6, 6.07) is 27.0. The van der Waals surface area contributed by atoms with Gasteiger partial charge in [0.2, 0.25) is 10.0 Å². The minimum Gasteiger partial charge on any atom is -0.369 e. The molecule has 0 N–H and O–H groups in total. The van der Waals surface area contributed by atoms with Crippen LogP contribution < -0.4 is 4.90 Å². The van der Waals surface area contributed by atoms with E-state index in [1.54, 1.807) is 24.3 Å². The maximum Gasteiger partial charge on any atom is 0.254 e. The molecule has 0 radical (unpaired) electrons. The summed E-state index contributed by atoms with van der Waals surface area (Å²) < 4.78 is 28.4. The van der Waals surface area contributed by atoms with Crippen LogP contribution in [-0.4, -0.2) is 62.3 Å². The number of amides is 1. The fraction of sp³-hybridized carbons (Fsp3) is 0.321. The zero-order valence-corrected chi connectivity index (χ0v) is 20.6. The Kier molecular flexibility index (Phi) is 6.88. The standard InChI is InChI=1S/C28H31N3O3S/c32-28(31-16-8-14-26(31)21-23-9-3-1-4-10-23)24-11-7-15-27(22-24)35(33,34)30-19-17-29(18-20-30)25-12-5-2-6-13-25/h1-7,9-13,15,22,26H,8,14,16-21H2/t26-/m0/s1. The van der Waals surface area contributed by atoms with E-state index in [9.17, 15) is 13.2 Å². The van der Waals surface area contributed by atoms with Gasteiger partial charge in [0.15, 0.2) is 0 Å². The van der Waals surface area contributed by atoms with Gasteiger partial charge in [-0.15, -0.1) is 0 Å². The molecule has 35 heavy (non-hydrogen) atoms. The molecule has 3 aromatic carbocycles. The molecule has 1 amide bonds. The number of rotatable bonds is 6. The number of piperazine rings is 1. The van der Waals surface area contributed by atoms with E-state index in [0.717, 1.165) is 24.9 Å². The van der Waals surface area contributed by atoms with Crippen molar-refractivity contribution in [3.05, 3.63) is 96.1 Å². The van der Waals surface area contributed by atoms with Gasteiger partial charge >= 0.3 is 0 Å². The molecule has 0 bridgehead atoms. The van der Waals surface area contributed by atoms with E-state index >= 15 is 0 Å². The first-order chi connectivity index (χ1) is 17.0. The number of carbonyl (C=O) groups is 1. The molecular formula is C28H31N3O3S. The van der Waals surface area contributed by atoms with Gasteiger partial charge < -0.3 is 9.80 Å². The molecule has 2 saturated heterocycles. The minimum atomic E-state index is -3.67. The van der Waals surface area contributed by atoms with Gasteiger partial charge in [-0.2, -0.15) is 4.31 Å². The van der Waals surface area contributed by atoms with Gasteiger partial charge in [-0.3, -0.25) is 4.79 Å². The monoisotopic (exact) mass is 489 g/mol. The molecule has 2 aliphatic rings. The summed E-state index contributed by atoms with van der Waals surface area (Å²) in [7, 11) is -3.67. The maximum atomic E-state index is 13.4. The third-order valence-electron chi connectivity index (χ3n) is 7.03. The molecule has 2 heterocycles. The van der Waals surface area contributed by atoms with Crippen LogP contribution in [0.2, 0.25) is 0 Å². The van der Waals surface area contributed by atoms with E-state index in [-0.39, 0.29) is 16.8 Å². The third-order valence-corrected chi connectivity index (χ3v) is 8.93. The fourth-order valence-corrected chi connectivity index (χ4v) is 6.60. The normalized spacial score (nSPS) is 19.1. The Morgan fingerprint density at radius 2 is 1.49 bits per heavy atom. The molecule has 0 saturated carbocycles. The number of para-hydroxylation sites is 1. The van der Waals surface area contributed by atoms with E-state index in [1.165, 1.54) is 9.87 Å². The first-order valence-electron chi connectivity index (χ1n) is 12.3. The average molecular weight is 490 g/mol. The summed E-state index contributed by atoms with van der Waals surface area (Å²) in [5, 5.41) is 0. The number of hydrogen-bond donors (Lipinski definition) is 0. The first-order valence-corrected chi connectivity index (χ1v) is 13.7. The SMILES string of the molecule is O=C(c1cccc(S(=O)(=O)N2CCN(c3ccccc3)CC2)c1)N1CCC[C@H]1Cc1ccccc1. The second kappa shape index (κ2) is 10.2. The van der Waals surface area contributed by atoms with Crippen LogP contribution in [-0.2, 0) is 16.4 Å². The first kappa shape index (κ1) is 23.6. The smallest absolute Gasteiger partial charge is 0.254 e. The molecule has 0 spiro atoms. The van der Waals surface area contributed by atoms with E-state index in [0.29, 0.717) is 38.3 Å². The second-order valence-electron chi connectivity index (χ2n) is 9.24. The summed E-state index contributed by atoms with van der Waals surface area (Å²) in [6.07, 6.45) is 2.74. The maximum absolute atomic E-state index is 13.4. The summed E-state index contributed by atoms with van der Waals surface area (Å²) >= 11 is 0. The minimum absolute atomic E-state index is 0.0885. The highest BCUT2D eigenvalue weighted by atomic mass is 32.2. The van der Waals surface area contributed by atoms with Gasteiger partial charge in [-0.1, -0.05) is 54.6 Å². The van der Waals surface area contributed by atoms with E-state index in [4.69, 9.17) is 0 Å². The van der Waals surface area contributed by atoms with Crippen molar-refractivity contribution in [1.29, 1.82) is 0 Å². The summed E-state index contributed by atoms with van der Waals surface area (Å²) in [5.41, 5.74) is 2.75. The van der Waals surface area contributed by atoms with Crippen molar-refractivity contribution in [3.63, 3.8) is 0 Å². The zero-order valence-electron chi connectivity index (χ0n) is 19.8. The zero-order chi connectivity index (χ0) is 24.3. The predicted octanol–water partition coefficient (Wildman–Crippen LogP) is 4.04.